The summed E-state index contributed by atoms with van der Waals surface area (Å²) in [7, 11) is 1.81. The summed E-state index contributed by atoms with van der Waals surface area (Å²) in [6.07, 6.45) is 1.08. The first-order valence-corrected chi connectivity index (χ1v) is 11.1. The van der Waals surface area contributed by atoms with Crippen LogP contribution in [-0.4, -0.2) is 76.1 Å². The molecular weight excluding hydrogens is 507 g/mol. The molecule has 2 aliphatic rings. The number of rotatable bonds is 8. The van der Waals surface area contributed by atoms with Gasteiger partial charge in [-0.3, -0.25) is 9.89 Å². The quantitative estimate of drug-likeness (QED) is 0.297. The maximum atomic E-state index is 6.16. The van der Waals surface area contributed by atoms with E-state index in [2.05, 4.69) is 59.5 Å². The standard InChI is InChI=1S/C23H38N4O3.HI/c1-17-5-6-21(22(11-17)30-16-20-7-9-28-15-20)13-26-23(24-4)25-12-18(2)27-8-10-29-14-19(27)3;/h5-6,11,18-20H,7-10,12-16H2,1-4H3,(H2,24,25,26);1H. The molecule has 176 valence electrons. The van der Waals surface area contributed by atoms with E-state index >= 15 is 0 Å². The van der Waals surface area contributed by atoms with Crippen molar-refractivity contribution in [3.8, 4) is 5.75 Å². The van der Waals surface area contributed by atoms with Crippen molar-refractivity contribution in [1.82, 2.24) is 15.5 Å². The molecule has 0 spiro atoms. The summed E-state index contributed by atoms with van der Waals surface area (Å²) < 4.78 is 17.2. The number of morpholine rings is 1. The zero-order valence-electron chi connectivity index (χ0n) is 19.4. The highest BCUT2D eigenvalue weighted by Crippen LogP contribution is 2.22. The van der Waals surface area contributed by atoms with Crippen molar-refractivity contribution in [2.24, 2.45) is 10.9 Å². The number of aliphatic imine (C=N–C) groups is 1. The lowest BCUT2D eigenvalue weighted by Crippen LogP contribution is -2.52. The molecule has 0 aliphatic carbocycles. The van der Waals surface area contributed by atoms with Crippen LogP contribution in [0.5, 0.6) is 5.75 Å². The van der Waals surface area contributed by atoms with E-state index < -0.39 is 0 Å². The Labute approximate surface area is 204 Å². The van der Waals surface area contributed by atoms with Crippen LogP contribution in [0.1, 0.15) is 31.4 Å². The van der Waals surface area contributed by atoms with Crippen molar-refractivity contribution in [3.05, 3.63) is 29.3 Å². The molecule has 2 fully saturated rings. The van der Waals surface area contributed by atoms with Crippen molar-refractivity contribution in [2.75, 3.05) is 53.2 Å². The third-order valence-electron chi connectivity index (χ3n) is 5.94. The van der Waals surface area contributed by atoms with E-state index in [1.807, 2.05) is 7.05 Å². The van der Waals surface area contributed by atoms with Gasteiger partial charge in [0.2, 0.25) is 0 Å². The second-order valence-electron chi connectivity index (χ2n) is 8.47. The molecule has 2 heterocycles. The highest BCUT2D eigenvalue weighted by atomic mass is 127. The van der Waals surface area contributed by atoms with Crippen molar-refractivity contribution in [1.29, 1.82) is 0 Å². The Morgan fingerprint density at radius 3 is 2.77 bits per heavy atom. The van der Waals surface area contributed by atoms with Gasteiger partial charge >= 0.3 is 0 Å². The Kier molecular flexibility index (Phi) is 11.3. The SMILES string of the molecule is CN=C(NCc1ccc(C)cc1OCC1CCOC1)NCC(C)N1CCOCC1C.I. The van der Waals surface area contributed by atoms with Gasteiger partial charge in [-0.25, -0.2) is 0 Å². The highest BCUT2D eigenvalue weighted by molar-refractivity contribution is 14.0. The maximum Gasteiger partial charge on any atom is 0.191 e. The second-order valence-corrected chi connectivity index (χ2v) is 8.47. The minimum Gasteiger partial charge on any atom is -0.493 e. The lowest BCUT2D eigenvalue weighted by molar-refractivity contribution is -0.0174. The van der Waals surface area contributed by atoms with Crippen LogP contribution in [0, 0.1) is 12.8 Å². The number of ether oxygens (including phenoxy) is 3. The molecule has 7 nitrogen and oxygen atoms in total. The molecule has 1 aromatic carbocycles. The van der Waals surface area contributed by atoms with Gasteiger partial charge in [0.05, 0.1) is 26.4 Å². The number of nitrogens with one attached hydrogen (secondary N) is 2. The number of aryl methyl sites for hydroxylation is 1. The fraction of sp³-hybridized carbons (Fsp3) is 0.696. The fourth-order valence-electron chi connectivity index (χ4n) is 4.02. The van der Waals surface area contributed by atoms with E-state index in [9.17, 15) is 0 Å². The van der Waals surface area contributed by atoms with Crippen LogP contribution in [0.4, 0.5) is 0 Å². The van der Waals surface area contributed by atoms with Crippen molar-refractivity contribution >= 4 is 29.9 Å². The molecule has 31 heavy (non-hydrogen) atoms. The lowest BCUT2D eigenvalue weighted by Gasteiger charge is -2.38. The van der Waals surface area contributed by atoms with E-state index in [4.69, 9.17) is 14.2 Å². The van der Waals surface area contributed by atoms with E-state index in [-0.39, 0.29) is 24.0 Å². The first-order valence-electron chi connectivity index (χ1n) is 11.1. The normalized spacial score (nSPS) is 23.2. The number of hydrogen-bond donors (Lipinski definition) is 2. The smallest absolute Gasteiger partial charge is 0.191 e. The van der Waals surface area contributed by atoms with Gasteiger partial charge in [-0.15, -0.1) is 24.0 Å². The van der Waals surface area contributed by atoms with Gasteiger partial charge in [0.1, 0.15) is 5.75 Å². The Balaban J connectivity index is 0.00000341. The van der Waals surface area contributed by atoms with Crippen molar-refractivity contribution < 1.29 is 14.2 Å². The van der Waals surface area contributed by atoms with Crippen LogP contribution in [0.25, 0.3) is 0 Å². The number of guanidine groups is 1. The Bertz CT molecular complexity index is 697. The molecule has 0 bridgehead atoms. The molecule has 0 saturated carbocycles. The summed E-state index contributed by atoms with van der Waals surface area (Å²) in [4.78, 5) is 6.88. The average Bonchev–Trinajstić information content (AvgIpc) is 3.27. The van der Waals surface area contributed by atoms with E-state index in [0.717, 1.165) is 63.2 Å². The monoisotopic (exact) mass is 546 g/mol. The predicted molar refractivity (Wildman–Crippen MR) is 136 cm³/mol. The van der Waals surface area contributed by atoms with Crippen LogP contribution >= 0.6 is 24.0 Å². The van der Waals surface area contributed by atoms with E-state index in [1.165, 1.54) is 5.56 Å². The first kappa shape index (κ1) is 26.2. The molecule has 2 N–H and O–H groups in total. The van der Waals surface area contributed by atoms with E-state index in [0.29, 0.717) is 31.2 Å². The molecule has 1 aromatic rings. The number of benzene rings is 1. The van der Waals surface area contributed by atoms with Gasteiger partial charge in [-0.1, -0.05) is 12.1 Å². The zero-order chi connectivity index (χ0) is 21.3. The van der Waals surface area contributed by atoms with Crippen LogP contribution in [0.15, 0.2) is 23.2 Å². The predicted octanol–water partition coefficient (Wildman–Crippen LogP) is 2.80. The summed E-state index contributed by atoms with van der Waals surface area (Å²) in [5.74, 6) is 2.24. The summed E-state index contributed by atoms with van der Waals surface area (Å²) in [5.41, 5.74) is 2.34. The largest absolute Gasteiger partial charge is 0.493 e. The molecule has 0 aromatic heterocycles. The minimum absolute atomic E-state index is 0. The summed E-state index contributed by atoms with van der Waals surface area (Å²) in [5, 5.41) is 6.90. The Morgan fingerprint density at radius 1 is 1.26 bits per heavy atom. The maximum absolute atomic E-state index is 6.16. The minimum atomic E-state index is 0. The third kappa shape index (κ3) is 8.07. The highest BCUT2D eigenvalue weighted by Gasteiger charge is 2.23. The summed E-state index contributed by atoms with van der Waals surface area (Å²) in [6, 6.07) is 7.23. The number of halogens is 1. The Hall–Kier alpha value is -1.10. The zero-order valence-corrected chi connectivity index (χ0v) is 21.7. The molecule has 0 amide bonds. The first-order chi connectivity index (χ1) is 14.6. The fourth-order valence-corrected chi connectivity index (χ4v) is 4.02. The van der Waals surface area contributed by atoms with Gasteiger partial charge in [0, 0.05) is 56.9 Å². The number of nitrogens with zero attached hydrogens (tertiary/aromatic N) is 2. The second kappa shape index (κ2) is 13.4. The molecule has 0 radical (unpaired) electrons. The molecule has 3 unspecified atom stereocenters. The molecule has 8 heteroatoms. The van der Waals surface area contributed by atoms with Gasteiger partial charge in [0.25, 0.3) is 0 Å². The van der Waals surface area contributed by atoms with Crippen molar-refractivity contribution in [2.45, 2.75) is 45.8 Å². The van der Waals surface area contributed by atoms with Crippen LogP contribution < -0.4 is 15.4 Å². The lowest BCUT2D eigenvalue weighted by atomic mass is 10.1. The van der Waals surface area contributed by atoms with E-state index in [1.54, 1.807) is 0 Å². The van der Waals surface area contributed by atoms with Crippen LogP contribution in [0.3, 0.4) is 0 Å². The summed E-state index contributed by atoms with van der Waals surface area (Å²) in [6.45, 7) is 13.0. The molecule has 2 aliphatic heterocycles. The van der Waals surface area contributed by atoms with Crippen molar-refractivity contribution in [3.63, 3.8) is 0 Å². The third-order valence-corrected chi connectivity index (χ3v) is 5.94. The van der Waals surface area contributed by atoms with Gasteiger partial charge in [-0.2, -0.15) is 0 Å². The molecular formula is C23H39IN4O3. The topological polar surface area (TPSA) is 67.4 Å². The summed E-state index contributed by atoms with van der Waals surface area (Å²) >= 11 is 0. The molecule has 3 rings (SSSR count). The molecule has 2 saturated heterocycles. The van der Waals surface area contributed by atoms with Gasteiger partial charge in [0.15, 0.2) is 5.96 Å². The van der Waals surface area contributed by atoms with Crippen LogP contribution in [0.2, 0.25) is 0 Å². The average molecular weight is 546 g/mol. The van der Waals surface area contributed by atoms with Crippen LogP contribution in [-0.2, 0) is 16.0 Å². The van der Waals surface area contributed by atoms with Gasteiger partial charge < -0.3 is 24.8 Å². The molecule has 3 atom stereocenters. The van der Waals surface area contributed by atoms with Gasteiger partial charge in [-0.05, 0) is 38.8 Å². The number of hydrogen-bond acceptors (Lipinski definition) is 5. The Morgan fingerprint density at radius 2 is 2.06 bits per heavy atom.